The highest BCUT2D eigenvalue weighted by molar-refractivity contribution is 7.10. The van der Waals surface area contributed by atoms with E-state index in [1.54, 1.807) is 0 Å². The molecule has 0 aliphatic carbocycles. The lowest BCUT2D eigenvalue weighted by molar-refractivity contribution is 0.519. The van der Waals surface area contributed by atoms with Gasteiger partial charge in [0.15, 0.2) is 0 Å². The second-order valence-corrected chi connectivity index (χ2v) is 1.54. The van der Waals surface area contributed by atoms with Gasteiger partial charge in [-0.05, 0) is 26.0 Å². The summed E-state index contributed by atoms with van der Waals surface area (Å²) in [4.78, 5) is 0. The molecule has 0 amide bonds. The number of hydrogen-bond donors (Lipinski definition) is 0. The fraction of sp³-hybridized carbons (Fsp3) is 0.333. The molecule has 46 valence electrons. The molecule has 0 heterocycles. The Balaban J connectivity index is 3.72. The van der Waals surface area contributed by atoms with E-state index < -0.39 is 0 Å². The van der Waals surface area contributed by atoms with Gasteiger partial charge in [0, 0.05) is 0 Å². The first kappa shape index (κ1) is 7.71. The van der Waals surface area contributed by atoms with Crippen LogP contribution in [0.5, 0.6) is 0 Å². The third-order valence-corrected chi connectivity index (χ3v) is 1.02. The molecule has 1 unspecified atom stereocenters. The zero-order valence-electron chi connectivity index (χ0n) is 5.22. The van der Waals surface area contributed by atoms with Crippen LogP contribution in [0.25, 0.3) is 0 Å². The fourth-order valence-corrected chi connectivity index (χ4v) is 0.582. The van der Waals surface area contributed by atoms with Gasteiger partial charge in [0.05, 0.1) is 9.47 Å². The maximum Gasteiger partial charge on any atom is 0.117 e. The number of rotatable bonds is 2. The largest absolute Gasteiger partial charge is 0.481 e. The normalized spacial score (nSPS) is 12.6. The SMILES string of the molecule is C/C=C\C(=C/C)OP. The van der Waals surface area contributed by atoms with Gasteiger partial charge in [0.2, 0.25) is 0 Å². The molecule has 0 fully saturated rings. The van der Waals surface area contributed by atoms with E-state index in [4.69, 9.17) is 4.52 Å². The summed E-state index contributed by atoms with van der Waals surface area (Å²) in [6, 6.07) is 0. The third-order valence-electron chi connectivity index (χ3n) is 0.752. The summed E-state index contributed by atoms with van der Waals surface area (Å²) in [5, 5.41) is 0. The zero-order valence-corrected chi connectivity index (χ0v) is 6.37. The minimum Gasteiger partial charge on any atom is -0.481 e. The van der Waals surface area contributed by atoms with E-state index in [0.717, 1.165) is 5.76 Å². The van der Waals surface area contributed by atoms with E-state index in [0.29, 0.717) is 0 Å². The molecule has 0 aromatic rings. The van der Waals surface area contributed by atoms with Crippen LogP contribution in [0.2, 0.25) is 0 Å². The van der Waals surface area contributed by atoms with Gasteiger partial charge in [0.1, 0.15) is 5.76 Å². The zero-order chi connectivity index (χ0) is 6.41. The fourth-order valence-electron chi connectivity index (χ4n) is 0.368. The summed E-state index contributed by atoms with van der Waals surface area (Å²) in [6.07, 6.45) is 5.72. The first-order chi connectivity index (χ1) is 3.85. The Kier molecular flexibility index (Phi) is 4.68. The molecule has 0 bridgehead atoms. The van der Waals surface area contributed by atoms with Crippen LogP contribution in [0, 0.1) is 0 Å². The summed E-state index contributed by atoms with van der Waals surface area (Å²) in [5.41, 5.74) is 0. The standard InChI is InChI=1S/C6H11OP/c1-3-5-6(4-2)7-8/h3-5H,8H2,1-2H3/b5-3-,6-4+. The Hall–Kier alpha value is -0.290. The van der Waals surface area contributed by atoms with Crippen molar-refractivity contribution in [3.63, 3.8) is 0 Å². The Bertz CT molecular complexity index is 102. The maximum absolute atomic E-state index is 4.83. The molecular weight excluding hydrogens is 119 g/mol. The lowest BCUT2D eigenvalue weighted by Gasteiger charge is -1.94. The highest BCUT2D eigenvalue weighted by Gasteiger charge is 1.79. The van der Waals surface area contributed by atoms with E-state index in [1.807, 2.05) is 32.1 Å². The van der Waals surface area contributed by atoms with Gasteiger partial charge in [-0.2, -0.15) is 0 Å². The van der Waals surface area contributed by atoms with Gasteiger partial charge in [-0.3, -0.25) is 0 Å². The van der Waals surface area contributed by atoms with Crippen LogP contribution in [0.15, 0.2) is 24.0 Å². The van der Waals surface area contributed by atoms with Crippen LogP contribution >= 0.6 is 9.47 Å². The number of hydrogen-bond acceptors (Lipinski definition) is 1. The topological polar surface area (TPSA) is 9.23 Å². The first-order valence-corrected chi connectivity index (χ1v) is 2.98. The van der Waals surface area contributed by atoms with Crippen LogP contribution in [-0.4, -0.2) is 0 Å². The molecule has 0 aromatic carbocycles. The molecule has 0 aliphatic heterocycles. The molecule has 0 N–H and O–H groups in total. The van der Waals surface area contributed by atoms with Gasteiger partial charge in [-0.25, -0.2) is 0 Å². The van der Waals surface area contributed by atoms with E-state index in [-0.39, 0.29) is 0 Å². The summed E-state index contributed by atoms with van der Waals surface area (Å²) in [6.45, 7) is 3.88. The second kappa shape index (κ2) is 4.86. The van der Waals surface area contributed by atoms with Crippen molar-refractivity contribution < 1.29 is 4.52 Å². The van der Waals surface area contributed by atoms with Gasteiger partial charge in [-0.15, -0.1) is 0 Å². The van der Waals surface area contributed by atoms with E-state index in [9.17, 15) is 0 Å². The van der Waals surface area contributed by atoms with Crippen molar-refractivity contribution in [1.29, 1.82) is 0 Å². The Morgan fingerprint density at radius 2 is 2.12 bits per heavy atom. The Morgan fingerprint density at radius 3 is 2.25 bits per heavy atom. The molecular formula is C6H11OP. The highest BCUT2D eigenvalue weighted by Crippen LogP contribution is 2.02. The summed E-state index contributed by atoms with van der Waals surface area (Å²) < 4.78 is 4.83. The molecule has 0 saturated carbocycles. The molecule has 0 spiro atoms. The van der Waals surface area contributed by atoms with Crippen LogP contribution in [0.1, 0.15) is 13.8 Å². The van der Waals surface area contributed by atoms with Gasteiger partial charge < -0.3 is 4.52 Å². The molecule has 2 heteroatoms. The van der Waals surface area contributed by atoms with Crippen molar-refractivity contribution >= 4 is 9.47 Å². The smallest absolute Gasteiger partial charge is 0.117 e. The van der Waals surface area contributed by atoms with Crippen molar-refractivity contribution in [3.05, 3.63) is 24.0 Å². The van der Waals surface area contributed by atoms with Crippen molar-refractivity contribution in [2.24, 2.45) is 0 Å². The predicted molar refractivity (Wildman–Crippen MR) is 39.4 cm³/mol. The molecule has 0 aliphatic rings. The molecule has 0 saturated heterocycles. The lowest BCUT2D eigenvalue weighted by atomic mass is 10.4. The molecule has 1 atom stereocenters. The van der Waals surface area contributed by atoms with Crippen LogP contribution in [0.4, 0.5) is 0 Å². The quantitative estimate of drug-likeness (QED) is 0.316. The first-order valence-electron chi connectivity index (χ1n) is 2.51. The van der Waals surface area contributed by atoms with Crippen molar-refractivity contribution in [2.75, 3.05) is 0 Å². The predicted octanol–water partition coefficient (Wildman–Crippen LogP) is 2.27. The third kappa shape index (κ3) is 2.81. The van der Waals surface area contributed by atoms with Crippen molar-refractivity contribution in [3.8, 4) is 0 Å². The average molecular weight is 130 g/mol. The van der Waals surface area contributed by atoms with Crippen LogP contribution in [0.3, 0.4) is 0 Å². The van der Waals surface area contributed by atoms with Crippen molar-refractivity contribution in [2.45, 2.75) is 13.8 Å². The Labute approximate surface area is 52.7 Å². The minimum absolute atomic E-state index is 0.873. The van der Waals surface area contributed by atoms with E-state index in [1.165, 1.54) is 0 Å². The second-order valence-electron chi connectivity index (χ2n) is 1.31. The van der Waals surface area contributed by atoms with E-state index >= 15 is 0 Å². The molecule has 0 rings (SSSR count). The van der Waals surface area contributed by atoms with Gasteiger partial charge in [-0.1, -0.05) is 6.08 Å². The molecule has 0 radical (unpaired) electrons. The molecule has 8 heavy (non-hydrogen) atoms. The minimum atomic E-state index is 0.873. The summed E-state index contributed by atoms with van der Waals surface area (Å²) in [5.74, 6) is 0.873. The lowest BCUT2D eigenvalue weighted by Crippen LogP contribution is -1.70. The monoisotopic (exact) mass is 130 g/mol. The van der Waals surface area contributed by atoms with Gasteiger partial charge in [0.25, 0.3) is 0 Å². The van der Waals surface area contributed by atoms with Crippen LogP contribution < -0.4 is 0 Å². The van der Waals surface area contributed by atoms with Crippen LogP contribution in [-0.2, 0) is 4.52 Å². The number of allylic oxidation sites excluding steroid dienone is 3. The molecule has 0 aromatic heterocycles. The maximum atomic E-state index is 4.83. The van der Waals surface area contributed by atoms with E-state index in [2.05, 4.69) is 9.47 Å². The van der Waals surface area contributed by atoms with Gasteiger partial charge >= 0.3 is 0 Å². The highest BCUT2D eigenvalue weighted by atomic mass is 31.0. The summed E-state index contributed by atoms with van der Waals surface area (Å²) >= 11 is 0. The van der Waals surface area contributed by atoms with Crippen molar-refractivity contribution in [1.82, 2.24) is 0 Å². The summed E-state index contributed by atoms with van der Waals surface area (Å²) in [7, 11) is 2.19. The Morgan fingerprint density at radius 1 is 1.50 bits per heavy atom. The average Bonchev–Trinajstić information content (AvgIpc) is 1.83. The molecule has 1 nitrogen and oxygen atoms in total.